The normalized spacial score (nSPS) is 27.0. The number of fused-ring (bicyclic) bond motifs is 2. The van der Waals surface area contributed by atoms with Crippen LogP contribution in [0.3, 0.4) is 0 Å². The Morgan fingerprint density at radius 2 is 2.04 bits per heavy atom. The van der Waals surface area contributed by atoms with Gasteiger partial charge in [0.15, 0.2) is 0 Å². The van der Waals surface area contributed by atoms with E-state index in [0.717, 1.165) is 18.6 Å². The summed E-state index contributed by atoms with van der Waals surface area (Å²) in [6.45, 7) is 0. The summed E-state index contributed by atoms with van der Waals surface area (Å²) in [4.78, 5) is 0. The SMILES string of the molecule is Cn1ncc2c1CCCC2NC1CC2(CCC2)Oc2ccccc21. The maximum atomic E-state index is 6.39. The minimum atomic E-state index is 0.0818. The van der Waals surface area contributed by atoms with Crippen LogP contribution in [0.4, 0.5) is 0 Å². The van der Waals surface area contributed by atoms with E-state index in [1.54, 1.807) is 0 Å². The van der Waals surface area contributed by atoms with Crippen molar-refractivity contribution in [3.63, 3.8) is 0 Å². The molecule has 2 aliphatic carbocycles. The summed E-state index contributed by atoms with van der Waals surface area (Å²) < 4.78 is 8.44. The maximum absolute atomic E-state index is 6.39. The lowest BCUT2D eigenvalue weighted by atomic mass is 9.72. The van der Waals surface area contributed by atoms with E-state index >= 15 is 0 Å². The van der Waals surface area contributed by atoms with Gasteiger partial charge in [-0.05, 0) is 44.6 Å². The first kappa shape index (κ1) is 14.5. The van der Waals surface area contributed by atoms with E-state index in [-0.39, 0.29) is 5.60 Å². The highest BCUT2D eigenvalue weighted by atomic mass is 16.5. The van der Waals surface area contributed by atoms with Crippen LogP contribution in [0, 0.1) is 0 Å². The van der Waals surface area contributed by atoms with Crippen LogP contribution in [-0.2, 0) is 13.5 Å². The third kappa shape index (κ3) is 2.20. The van der Waals surface area contributed by atoms with E-state index in [2.05, 4.69) is 52.6 Å². The zero-order valence-corrected chi connectivity index (χ0v) is 14.3. The number of aromatic nitrogens is 2. The van der Waals surface area contributed by atoms with Crippen LogP contribution >= 0.6 is 0 Å². The third-order valence-corrected chi connectivity index (χ3v) is 6.24. The summed E-state index contributed by atoms with van der Waals surface area (Å²) in [5.41, 5.74) is 4.21. The number of aryl methyl sites for hydroxylation is 1. The molecule has 1 fully saturated rings. The third-order valence-electron chi connectivity index (χ3n) is 6.24. The van der Waals surface area contributed by atoms with Crippen LogP contribution in [-0.4, -0.2) is 15.4 Å². The molecule has 5 rings (SSSR count). The molecule has 0 radical (unpaired) electrons. The summed E-state index contributed by atoms with van der Waals surface area (Å²) >= 11 is 0. The van der Waals surface area contributed by atoms with E-state index in [4.69, 9.17) is 4.74 Å². The molecule has 0 amide bonds. The van der Waals surface area contributed by atoms with Crippen molar-refractivity contribution >= 4 is 0 Å². The second-order valence-electron chi connectivity index (χ2n) is 7.71. The number of ether oxygens (including phenoxy) is 1. The van der Waals surface area contributed by atoms with Crippen molar-refractivity contribution in [2.75, 3.05) is 0 Å². The van der Waals surface area contributed by atoms with Gasteiger partial charge in [0.1, 0.15) is 11.4 Å². The van der Waals surface area contributed by atoms with E-state index in [0.29, 0.717) is 12.1 Å². The second kappa shape index (κ2) is 5.35. The van der Waals surface area contributed by atoms with Gasteiger partial charge < -0.3 is 10.1 Å². The molecule has 1 N–H and O–H groups in total. The topological polar surface area (TPSA) is 39.1 Å². The van der Waals surface area contributed by atoms with Gasteiger partial charge in [0, 0.05) is 42.4 Å². The van der Waals surface area contributed by atoms with Gasteiger partial charge in [0.25, 0.3) is 0 Å². The van der Waals surface area contributed by atoms with E-state index in [1.165, 1.54) is 48.9 Å². The largest absolute Gasteiger partial charge is 0.487 e. The number of hydrogen-bond donors (Lipinski definition) is 1. The van der Waals surface area contributed by atoms with Gasteiger partial charge in [0.05, 0.1) is 6.20 Å². The van der Waals surface area contributed by atoms with Crippen LogP contribution in [0.15, 0.2) is 30.5 Å². The molecule has 2 unspecified atom stereocenters. The monoisotopic (exact) mass is 323 g/mol. The Morgan fingerprint density at radius 3 is 2.88 bits per heavy atom. The zero-order chi connectivity index (χ0) is 16.1. The zero-order valence-electron chi connectivity index (χ0n) is 14.3. The molecule has 3 aliphatic rings. The average molecular weight is 323 g/mol. The van der Waals surface area contributed by atoms with Gasteiger partial charge in [0.2, 0.25) is 0 Å². The first-order valence-electron chi connectivity index (χ1n) is 9.29. The molecule has 126 valence electrons. The summed E-state index contributed by atoms with van der Waals surface area (Å²) in [7, 11) is 2.06. The fourth-order valence-electron chi connectivity index (χ4n) is 4.77. The summed E-state index contributed by atoms with van der Waals surface area (Å²) in [6.07, 6.45) is 10.4. The van der Waals surface area contributed by atoms with Crippen molar-refractivity contribution in [1.29, 1.82) is 0 Å². The highest BCUT2D eigenvalue weighted by Crippen LogP contribution is 2.49. The van der Waals surface area contributed by atoms with Gasteiger partial charge in [-0.25, -0.2) is 0 Å². The Labute approximate surface area is 143 Å². The highest BCUT2D eigenvalue weighted by Gasteiger charge is 2.46. The smallest absolute Gasteiger partial charge is 0.124 e. The van der Waals surface area contributed by atoms with Crippen LogP contribution < -0.4 is 10.1 Å². The molecule has 4 heteroatoms. The van der Waals surface area contributed by atoms with E-state index < -0.39 is 0 Å². The molecule has 24 heavy (non-hydrogen) atoms. The van der Waals surface area contributed by atoms with Crippen molar-refractivity contribution in [2.24, 2.45) is 7.05 Å². The van der Waals surface area contributed by atoms with Crippen LogP contribution in [0.1, 0.15) is 67.4 Å². The number of nitrogens with one attached hydrogen (secondary N) is 1. The Morgan fingerprint density at radius 1 is 1.17 bits per heavy atom. The quantitative estimate of drug-likeness (QED) is 0.913. The summed E-state index contributed by atoms with van der Waals surface area (Å²) in [5.74, 6) is 1.09. The predicted molar refractivity (Wildman–Crippen MR) is 93.0 cm³/mol. The molecular formula is C20H25N3O. The lowest BCUT2D eigenvalue weighted by molar-refractivity contribution is -0.0382. The van der Waals surface area contributed by atoms with Crippen molar-refractivity contribution < 1.29 is 4.74 Å². The predicted octanol–water partition coefficient (Wildman–Crippen LogP) is 3.83. The standard InChI is InChI=1S/C20H25N3O/c1-23-18-8-4-7-16(15(18)13-21-23)22-17-12-20(10-5-11-20)24-19-9-3-2-6-14(17)19/h2-3,6,9,13,16-17,22H,4-5,7-8,10-12H2,1H3. The van der Waals surface area contributed by atoms with Gasteiger partial charge >= 0.3 is 0 Å². The Hall–Kier alpha value is -1.81. The van der Waals surface area contributed by atoms with Crippen molar-refractivity contribution in [3.8, 4) is 5.75 Å². The molecule has 2 heterocycles. The van der Waals surface area contributed by atoms with Crippen LogP contribution in [0.5, 0.6) is 5.75 Å². The number of para-hydroxylation sites is 1. The van der Waals surface area contributed by atoms with Crippen molar-refractivity contribution in [1.82, 2.24) is 15.1 Å². The van der Waals surface area contributed by atoms with Crippen molar-refractivity contribution in [3.05, 3.63) is 47.3 Å². The maximum Gasteiger partial charge on any atom is 0.124 e. The van der Waals surface area contributed by atoms with Crippen LogP contribution in [0.25, 0.3) is 0 Å². The molecule has 1 aromatic carbocycles. The molecular weight excluding hydrogens is 298 g/mol. The number of rotatable bonds is 2. The van der Waals surface area contributed by atoms with Gasteiger partial charge in [-0.15, -0.1) is 0 Å². The second-order valence-corrected chi connectivity index (χ2v) is 7.71. The molecule has 2 aromatic rings. The number of benzene rings is 1. The van der Waals surface area contributed by atoms with Crippen molar-refractivity contribution in [2.45, 2.75) is 62.6 Å². The Kier molecular flexibility index (Phi) is 3.24. The Balaban J connectivity index is 1.46. The van der Waals surface area contributed by atoms with Gasteiger partial charge in [-0.3, -0.25) is 4.68 Å². The van der Waals surface area contributed by atoms with Gasteiger partial charge in [-0.1, -0.05) is 18.2 Å². The van der Waals surface area contributed by atoms with E-state index in [1.807, 2.05) is 0 Å². The van der Waals surface area contributed by atoms with Gasteiger partial charge in [-0.2, -0.15) is 5.10 Å². The lowest BCUT2D eigenvalue weighted by Crippen LogP contribution is -2.49. The van der Waals surface area contributed by atoms with E-state index in [9.17, 15) is 0 Å². The average Bonchev–Trinajstić information content (AvgIpc) is 2.96. The fourth-order valence-corrected chi connectivity index (χ4v) is 4.77. The molecule has 1 saturated carbocycles. The lowest BCUT2D eigenvalue weighted by Gasteiger charge is -2.48. The minimum absolute atomic E-state index is 0.0818. The molecule has 2 atom stereocenters. The molecule has 0 saturated heterocycles. The minimum Gasteiger partial charge on any atom is -0.487 e. The fraction of sp³-hybridized carbons (Fsp3) is 0.550. The molecule has 1 spiro atoms. The molecule has 1 aromatic heterocycles. The number of hydrogen-bond acceptors (Lipinski definition) is 3. The first-order valence-corrected chi connectivity index (χ1v) is 9.29. The molecule has 1 aliphatic heterocycles. The molecule has 0 bridgehead atoms. The first-order chi connectivity index (χ1) is 11.7. The summed E-state index contributed by atoms with van der Waals surface area (Å²) in [5, 5.41) is 8.47. The highest BCUT2D eigenvalue weighted by molar-refractivity contribution is 5.40. The summed E-state index contributed by atoms with van der Waals surface area (Å²) in [6, 6.07) is 9.38. The van der Waals surface area contributed by atoms with Crippen LogP contribution in [0.2, 0.25) is 0 Å². The molecule has 4 nitrogen and oxygen atoms in total. The number of nitrogens with zero attached hydrogens (tertiary/aromatic N) is 2. The Bertz CT molecular complexity index is 762.